The summed E-state index contributed by atoms with van der Waals surface area (Å²) >= 11 is 0. The van der Waals surface area contributed by atoms with Crippen LogP contribution in [0.2, 0.25) is 0 Å². The molecule has 58 heavy (non-hydrogen) atoms. The van der Waals surface area contributed by atoms with Crippen LogP contribution in [0.4, 0.5) is 0 Å². The Kier molecular flexibility index (Phi) is 23.9. The first-order valence-electron chi connectivity index (χ1n) is 19.7. The van der Waals surface area contributed by atoms with Gasteiger partial charge in [0.2, 0.25) is 0 Å². The number of rotatable bonds is 13. The van der Waals surface area contributed by atoms with Crippen LogP contribution in [0.15, 0.2) is 20.5 Å². The minimum Gasteiger partial charge on any atom is -0.550 e. The number of carboxylic acids is 4. The minimum absolute atomic E-state index is 0. The molecular weight excluding hydrogens is 732 g/mol. The molecule has 302 valence electrons. The summed E-state index contributed by atoms with van der Waals surface area (Å²) < 4.78 is 5.59. The molecule has 0 radical (unpaired) electrons. The van der Waals surface area contributed by atoms with Gasteiger partial charge in [-0.2, -0.15) is 20.5 Å². The van der Waals surface area contributed by atoms with Crippen molar-refractivity contribution in [2.75, 3.05) is 26.3 Å². The van der Waals surface area contributed by atoms with Crippen molar-refractivity contribution >= 4 is 23.9 Å². The topological polar surface area (TPSA) is 283 Å². The fourth-order valence-electron chi connectivity index (χ4n) is 8.97. The number of carboxylic acid groups (broad SMARTS) is 4. The van der Waals surface area contributed by atoms with E-state index in [0.29, 0.717) is 13.2 Å². The zero-order valence-corrected chi connectivity index (χ0v) is 34.6. The van der Waals surface area contributed by atoms with Crippen LogP contribution < -0.4 is 122 Å². The predicted molar refractivity (Wildman–Crippen MR) is 181 cm³/mol. The summed E-state index contributed by atoms with van der Waals surface area (Å²) in [7, 11) is 0. The Labute approximate surface area is 388 Å². The van der Waals surface area contributed by atoms with Gasteiger partial charge in [-0.15, -0.1) is 0 Å². The van der Waals surface area contributed by atoms with E-state index in [4.69, 9.17) is 4.74 Å². The SMILES string of the molecule is O=C([O-])C1CC(N=NC2CCC(NC3NC(NC4CCC(N=NC5CC(C(=O)[O-])CC(C(=O)[O-])C5)CC4)NC(N4CCOCC4)N3)CC2)CC(C(=O)[O-])C1.[Li+].[Li+].[Li+].[Li+]. The van der Waals surface area contributed by atoms with Crippen LogP contribution in [0.3, 0.4) is 0 Å². The van der Waals surface area contributed by atoms with Crippen molar-refractivity contribution in [3.63, 3.8) is 0 Å². The van der Waals surface area contributed by atoms with Crippen molar-refractivity contribution in [1.82, 2.24) is 31.5 Å². The number of carbonyl (C=O) groups excluding carboxylic acids is 4. The smallest absolute Gasteiger partial charge is 0.550 e. The Morgan fingerprint density at radius 3 is 1.14 bits per heavy atom. The van der Waals surface area contributed by atoms with E-state index in [-0.39, 0.29) is 157 Å². The molecule has 4 aliphatic carbocycles. The molecule has 2 saturated heterocycles. The van der Waals surface area contributed by atoms with Gasteiger partial charge in [0.05, 0.1) is 37.4 Å². The van der Waals surface area contributed by atoms with Crippen LogP contribution in [0.5, 0.6) is 0 Å². The largest absolute Gasteiger partial charge is 1.00 e. The van der Waals surface area contributed by atoms with Gasteiger partial charge < -0.3 is 44.3 Å². The monoisotopic (exact) mass is 786 g/mol. The van der Waals surface area contributed by atoms with E-state index in [2.05, 4.69) is 51.9 Å². The molecule has 5 N–H and O–H groups in total. The second-order valence-corrected chi connectivity index (χ2v) is 16.0. The predicted octanol–water partition coefficient (Wildman–Crippen LogP) is -15.8. The summed E-state index contributed by atoms with van der Waals surface area (Å²) in [5, 5.41) is 82.2. The standard InChI is InChI=1S/C35H58N10O9.4Li/c46-29(47)19-13-20(30(48)49)16-27(15-19)43-41-25-5-1-23(2-6-25)36-33-38-34(40-35(39-33)45-9-11-54-12-10-45)37-24-3-7-26(8-4-24)42-44-28-17-21(31(50)51)14-22(18-28)32(52)53;;;;/h19-28,33-40H,1-18H2,(H,46,47)(H,48,49)(H,50,51)(H,52,53);;;;/q;4*+1/p-4. The van der Waals surface area contributed by atoms with Gasteiger partial charge in [0.25, 0.3) is 0 Å². The molecule has 0 aromatic heterocycles. The number of aliphatic carboxylic acids is 4. The first-order chi connectivity index (χ1) is 26.0. The van der Waals surface area contributed by atoms with Gasteiger partial charge in [0.1, 0.15) is 18.9 Å². The van der Waals surface area contributed by atoms with E-state index in [1.165, 1.54) is 0 Å². The average molecular weight is 787 g/mol. The summed E-state index contributed by atoms with van der Waals surface area (Å²) in [5.41, 5.74) is 0. The van der Waals surface area contributed by atoms with Crippen LogP contribution in [0, 0.1) is 23.7 Å². The van der Waals surface area contributed by atoms with Crippen LogP contribution in [-0.4, -0.2) is 110 Å². The molecule has 0 spiro atoms. The van der Waals surface area contributed by atoms with Gasteiger partial charge in [0, 0.05) is 72.7 Å². The van der Waals surface area contributed by atoms with Gasteiger partial charge in [-0.3, -0.25) is 31.5 Å². The van der Waals surface area contributed by atoms with Crippen molar-refractivity contribution in [2.24, 2.45) is 44.1 Å². The van der Waals surface area contributed by atoms with Crippen molar-refractivity contribution in [3.05, 3.63) is 0 Å². The van der Waals surface area contributed by atoms with Gasteiger partial charge in [-0.05, 0) is 89.9 Å². The summed E-state index contributed by atoms with van der Waals surface area (Å²) in [5.74, 6) is -8.46. The number of hydrogen-bond acceptors (Lipinski definition) is 19. The fraction of sp³-hybridized carbons (Fsp3) is 0.886. The molecule has 0 bridgehead atoms. The summed E-state index contributed by atoms with van der Waals surface area (Å²) in [4.78, 5) is 48.2. The Morgan fingerprint density at radius 2 is 0.810 bits per heavy atom. The molecule has 0 aromatic carbocycles. The van der Waals surface area contributed by atoms with Gasteiger partial charge in [-0.1, -0.05) is 0 Å². The Morgan fingerprint density at radius 1 is 0.483 bits per heavy atom. The molecule has 0 aromatic rings. The molecule has 2 heterocycles. The van der Waals surface area contributed by atoms with Crippen molar-refractivity contribution < 1.29 is 120 Å². The summed E-state index contributed by atoms with van der Waals surface area (Å²) in [6.45, 7) is 2.90. The third-order valence-corrected chi connectivity index (χ3v) is 12.1. The number of nitrogens with one attached hydrogen (secondary N) is 5. The van der Waals surface area contributed by atoms with E-state index in [0.717, 1.165) is 64.5 Å². The van der Waals surface area contributed by atoms with Crippen molar-refractivity contribution in [2.45, 2.75) is 145 Å². The maximum absolute atomic E-state index is 11.5. The molecular formula is C35H54Li4N10O9. The molecule has 2 aliphatic heterocycles. The van der Waals surface area contributed by atoms with Crippen LogP contribution in [0.25, 0.3) is 0 Å². The Bertz CT molecular complexity index is 1240. The number of carbonyl (C=O) groups is 4. The normalized spacial score (nSPS) is 37.3. The summed E-state index contributed by atoms with van der Waals surface area (Å²) in [6.07, 6.45) is 7.14. The second kappa shape index (κ2) is 26.0. The molecule has 6 atom stereocenters. The van der Waals surface area contributed by atoms with E-state index in [1.54, 1.807) is 0 Å². The minimum atomic E-state index is -1.25. The van der Waals surface area contributed by atoms with Gasteiger partial charge in [0.15, 0.2) is 0 Å². The Hall–Kier alpha value is -0.810. The van der Waals surface area contributed by atoms with Gasteiger partial charge >= 0.3 is 75.4 Å². The van der Waals surface area contributed by atoms with Crippen LogP contribution in [0.1, 0.15) is 89.9 Å². The number of hydrogen-bond donors (Lipinski definition) is 5. The van der Waals surface area contributed by atoms with Gasteiger partial charge in [-0.25, -0.2) is 0 Å². The third-order valence-electron chi connectivity index (χ3n) is 12.1. The molecule has 6 unspecified atom stereocenters. The number of ether oxygens (including phenoxy) is 1. The number of nitrogens with zero attached hydrogens (tertiary/aromatic N) is 5. The zero-order chi connectivity index (χ0) is 38.2. The third kappa shape index (κ3) is 15.8. The molecule has 0 amide bonds. The van der Waals surface area contributed by atoms with E-state index in [9.17, 15) is 39.6 Å². The molecule has 6 rings (SSSR count). The number of morpholine rings is 1. The zero-order valence-electron chi connectivity index (χ0n) is 34.6. The first kappa shape index (κ1) is 53.3. The molecule has 4 saturated carbocycles. The first-order valence-corrected chi connectivity index (χ1v) is 19.7. The van der Waals surface area contributed by atoms with E-state index in [1.807, 2.05) is 0 Å². The average Bonchev–Trinajstić information content (AvgIpc) is 3.17. The maximum Gasteiger partial charge on any atom is 1.00 e. The van der Waals surface area contributed by atoms with E-state index < -0.39 is 59.6 Å². The quantitative estimate of drug-likeness (QED) is 0.0856. The van der Waals surface area contributed by atoms with Crippen LogP contribution >= 0.6 is 0 Å². The molecule has 23 heteroatoms. The molecule has 6 aliphatic rings. The maximum atomic E-state index is 11.5. The van der Waals surface area contributed by atoms with Crippen molar-refractivity contribution in [1.29, 1.82) is 0 Å². The van der Waals surface area contributed by atoms with E-state index >= 15 is 0 Å². The fourth-order valence-corrected chi connectivity index (χ4v) is 8.97. The molecule has 19 nitrogen and oxygen atoms in total. The Balaban J connectivity index is 0.00000290. The second-order valence-electron chi connectivity index (χ2n) is 16.0. The molecule has 6 fully saturated rings. The summed E-state index contributed by atoms with van der Waals surface area (Å²) in [6, 6.07) is -0.508. The van der Waals surface area contributed by atoms with Crippen LogP contribution in [-0.2, 0) is 23.9 Å². The van der Waals surface area contributed by atoms with Crippen molar-refractivity contribution in [3.8, 4) is 0 Å². The number of azo groups is 2.